The van der Waals surface area contributed by atoms with Gasteiger partial charge in [-0.25, -0.2) is 0 Å². The molecule has 0 aliphatic carbocycles. The van der Waals surface area contributed by atoms with Gasteiger partial charge in [-0.1, -0.05) is 56.2 Å². The Morgan fingerprint density at radius 2 is 2.00 bits per heavy atom. The molecule has 0 N–H and O–H groups in total. The molecule has 0 bridgehead atoms. The van der Waals surface area contributed by atoms with Gasteiger partial charge >= 0.3 is 0 Å². The van der Waals surface area contributed by atoms with Gasteiger partial charge in [0.05, 0.1) is 5.75 Å². The van der Waals surface area contributed by atoms with Crippen molar-refractivity contribution in [1.82, 2.24) is 0 Å². The van der Waals surface area contributed by atoms with E-state index < -0.39 is 10.8 Å². The molecule has 1 rings (SSSR count). The van der Waals surface area contributed by atoms with E-state index >= 15 is 0 Å². The van der Waals surface area contributed by atoms with Crippen molar-refractivity contribution >= 4 is 10.8 Å². The van der Waals surface area contributed by atoms with Crippen molar-refractivity contribution in [3.05, 3.63) is 47.4 Å². The minimum absolute atomic E-state index is 0.628. The molecule has 0 aliphatic rings. The maximum Gasteiger partial charge on any atom is 0.0526 e. The highest BCUT2D eigenvalue weighted by Gasteiger charge is 1.95. The van der Waals surface area contributed by atoms with Gasteiger partial charge < -0.3 is 0 Å². The Hall–Kier alpha value is -0.890. The monoisotopic (exact) mass is 222 g/mol. The summed E-state index contributed by atoms with van der Waals surface area (Å²) in [5.41, 5.74) is 1.14. The topological polar surface area (TPSA) is 17.1 Å². The fourth-order valence-corrected chi connectivity index (χ4v) is 2.25. The van der Waals surface area contributed by atoms with Crippen molar-refractivity contribution in [1.29, 1.82) is 0 Å². The molecule has 1 atom stereocenters. The number of unbranched alkanes of at least 4 members (excludes halogenated alkanes) is 2. The van der Waals surface area contributed by atoms with Gasteiger partial charge in [-0.15, -0.1) is 0 Å². The van der Waals surface area contributed by atoms with E-state index in [0.717, 1.165) is 12.0 Å². The number of allylic oxidation sites excluding steroid dienone is 1. The third-order valence-electron chi connectivity index (χ3n) is 2.12. The average Bonchev–Trinajstić information content (AvgIpc) is 2.26. The molecule has 0 saturated heterocycles. The van der Waals surface area contributed by atoms with E-state index in [0.29, 0.717) is 5.75 Å². The molecule has 0 saturated carbocycles. The van der Waals surface area contributed by atoms with E-state index in [1.807, 2.05) is 41.8 Å². The predicted octanol–water partition coefficient (Wildman–Crippen LogP) is 3.64. The summed E-state index contributed by atoms with van der Waals surface area (Å²) < 4.78 is 11.6. The molecule has 0 spiro atoms. The van der Waals surface area contributed by atoms with Crippen molar-refractivity contribution in [3.63, 3.8) is 0 Å². The van der Waals surface area contributed by atoms with Crippen molar-refractivity contribution in [2.24, 2.45) is 0 Å². The lowest BCUT2D eigenvalue weighted by Gasteiger charge is -1.97. The van der Waals surface area contributed by atoms with Gasteiger partial charge in [0.2, 0.25) is 0 Å². The Morgan fingerprint density at radius 3 is 2.67 bits per heavy atom. The highest BCUT2D eigenvalue weighted by atomic mass is 32.2. The minimum Gasteiger partial charge on any atom is -0.255 e. The minimum atomic E-state index is -0.855. The lowest BCUT2D eigenvalue weighted by atomic mass is 10.2. The van der Waals surface area contributed by atoms with Crippen LogP contribution < -0.4 is 0 Å². The average molecular weight is 222 g/mol. The maximum absolute atomic E-state index is 11.6. The number of hydrogen-bond acceptors (Lipinski definition) is 1. The number of benzene rings is 1. The van der Waals surface area contributed by atoms with Gasteiger partial charge in [0.1, 0.15) is 0 Å². The SMILES string of the molecule is CCCC/C=C/S(=O)Cc1ccccc1. The number of hydrogen-bond donors (Lipinski definition) is 0. The summed E-state index contributed by atoms with van der Waals surface area (Å²) in [7, 11) is -0.855. The summed E-state index contributed by atoms with van der Waals surface area (Å²) >= 11 is 0. The van der Waals surface area contributed by atoms with Crippen LogP contribution in [-0.2, 0) is 16.6 Å². The van der Waals surface area contributed by atoms with Crippen LogP contribution in [0.15, 0.2) is 41.8 Å². The van der Waals surface area contributed by atoms with Gasteiger partial charge in [0.25, 0.3) is 0 Å². The second-order valence-electron chi connectivity index (χ2n) is 3.52. The van der Waals surface area contributed by atoms with E-state index in [4.69, 9.17) is 0 Å². The highest BCUT2D eigenvalue weighted by molar-refractivity contribution is 7.87. The zero-order chi connectivity index (χ0) is 10.9. The molecule has 0 amide bonds. The first-order valence-corrected chi connectivity index (χ1v) is 6.79. The summed E-state index contributed by atoms with van der Waals surface area (Å²) in [6.07, 6.45) is 5.44. The van der Waals surface area contributed by atoms with Gasteiger partial charge in [0.15, 0.2) is 0 Å². The third kappa shape index (κ3) is 5.53. The van der Waals surface area contributed by atoms with Crippen molar-refractivity contribution in [2.45, 2.75) is 31.9 Å². The molecule has 0 radical (unpaired) electrons. The lowest BCUT2D eigenvalue weighted by Crippen LogP contribution is -1.90. The Bertz CT molecular complexity index is 317. The summed E-state index contributed by atoms with van der Waals surface area (Å²) in [6, 6.07) is 9.96. The van der Waals surface area contributed by atoms with E-state index in [9.17, 15) is 4.21 Å². The first kappa shape index (κ1) is 12.2. The van der Waals surface area contributed by atoms with Crippen LogP contribution in [-0.4, -0.2) is 4.21 Å². The summed E-state index contributed by atoms with van der Waals surface area (Å²) in [5.74, 6) is 0.628. The summed E-state index contributed by atoms with van der Waals surface area (Å²) in [4.78, 5) is 0. The van der Waals surface area contributed by atoms with Crippen molar-refractivity contribution < 1.29 is 4.21 Å². The molecule has 0 heterocycles. The molecule has 1 nitrogen and oxygen atoms in total. The van der Waals surface area contributed by atoms with Crippen molar-refractivity contribution in [2.75, 3.05) is 0 Å². The Labute approximate surface area is 94.7 Å². The molecule has 0 fully saturated rings. The smallest absolute Gasteiger partial charge is 0.0526 e. The summed E-state index contributed by atoms with van der Waals surface area (Å²) in [6.45, 7) is 2.16. The standard InChI is InChI=1S/C13H18OS/c1-2-3-4-8-11-15(14)12-13-9-6-5-7-10-13/h5-11H,2-4,12H2,1H3/b11-8+. The fraction of sp³-hybridized carbons (Fsp3) is 0.385. The van der Waals surface area contributed by atoms with E-state index in [1.54, 1.807) is 0 Å². The van der Waals surface area contributed by atoms with Crippen LogP contribution in [0.1, 0.15) is 31.7 Å². The molecule has 0 aliphatic heterocycles. The molecule has 2 heteroatoms. The maximum atomic E-state index is 11.6. The Balaban J connectivity index is 2.33. The van der Waals surface area contributed by atoms with Gasteiger partial charge in [-0.05, 0) is 17.4 Å². The zero-order valence-corrected chi connectivity index (χ0v) is 10.0. The van der Waals surface area contributed by atoms with Crippen LogP contribution in [0, 0.1) is 0 Å². The van der Waals surface area contributed by atoms with Crippen LogP contribution in [0.3, 0.4) is 0 Å². The summed E-state index contributed by atoms with van der Waals surface area (Å²) in [5, 5.41) is 1.82. The normalized spacial score (nSPS) is 13.1. The van der Waals surface area contributed by atoms with E-state index in [1.165, 1.54) is 12.8 Å². The molecule has 1 aromatic rings. The molecule has 0 aromatic heterocycles. The second kappa shape index (κ2) is 7.41. The molecule has 1 unspecified atom stereocenters. The fourth-order valence-electron chi connectivity index (χ4n) is 1.28. The van der Waals surface area contributed by atoms with Crippen molar-refractivity contribution in [3.8, 4) is 0 Å². The Morgan fingerprint density at radius 1 is 1.27 bits per heavy atom. The van der Waals surface area contributed by atoms with Crippen LogP contribution in [0.5, 0.6) is 0 Å². The zero-order valence-electron chi connectivity index (χ0n) is 9.19. The van der Waals surface area contributed by atoms with Gasteiger partial charge in [-0.3, -0.25) is 4.21 Å². The third-order valence-corrected chi connectivity index (χ3v) is 3.24. The highest BCUT2D eigenvalue weighted by Crippen LogP contribution is 2.04. The molecule has 1 aromatic carbocycles. The number of rotatable bonds is 6. The first-order chi connectivity index (χ1) is 7.33. The van der Waals surface area contributed by atoms with Crippen LogP contribution in [0.2, 0.25) is 0 Å². The van der Waals surface area contributed by atoms with E-state index in [-0.39, 0.29) is 0 Å². The molecule has 82 valence electrons. The van der Waals surface area contributed by atoms with Crippen LogP contribution in [0.4, 0.5) is 0 Å². The molecular formula is C13H18OS. The lowest BCUT2D eigenvalue weighted by molar-refractivity contribution is 0.687. The quantitative estimate of drug-likeness (QED) is 0.672. The van der Waals surface area contributed by atoms with Crippen LogP contribution in [0.25, 0.3) is 0 Å². The first-order valence-electron chi connectivity index (χ1n) is 5.40. The Kier molecular flexibility index (Phi) is 6.02. The molecular weight excluding hydrogens is 204 g/mol. The molecule has 15 heavy (non-hydrogen) atoms. The largest absolute Gasteiger partial charge is 0.255 e. The second-order valence-corrected chi connectivity index (χ2v) is 4.85. The van der Waals surface area contributed by atoms with E-state index in [2.05, 4.69) is 6.92 Å². The van der Waals surface area contributed by atoms with Gasteiger partial charge in [-0.2, -0.15) is 0 Å². The predicted molar refractivity (Wildman–Crippen MR) is 67.0 cm³/mol. The van der Waals surface area contributed by atoms with Crippen LogP contribution >= 0.6 is 0 Å². The van der Waals surface area contributed by atoms with Gasteiger partial charge in [0, 0.05) is 10.8 Å².